The molecule has 4 aromatic rings. The number of aryl methyl sites for hydroxylation is 3. The Morgan fingerprint density at radius 1 is 0.660 bits per heavy atom. The quantitative estimate of drug-likeness (QED) is 0.149. The Morgan fingerprint density at radius 3 is 1.42 bits per heavy atom. The number of nitrogens with zero attached hydrogens (tertiary/aromatic N) is 6. The van der Waals surface area contributed by atoms with Gasteiger partial charge in [0.05, 0.1) is 0 Å². The van der Waals surface area contributed by atoms with Crippen LogP contribution in [0.3, 0.4) is 0 Å². The van der Waals surface area contributed by atoms with Gasteiger partial charge in [-0.1, -0.05) is 6.42 Å². The zero-order valence-electron chi connectivity index (χ0n) is 26.4. The van der Waals surface area contributed by atoms with Gasteiger partial charge in [0, 0.05) is 45.9 Å². The summed E-state index contributed by atoms with van der Waals surface area (Å²) in [5.74, 6) is 0.895. The SMILES string of the molecule is Cc1nnc(COc2cc(OCc3nnc(C)o3)c(C(=O)NCCCCCC(=O)O)c(OCc3nnc(C)o3)c2)o1.O=S=O.O=S=O.O=S=O. The minimum absolute atomic E-state index is 0.0483. The molecule has 4 rings (SSSR count). The summed E-state index contributed by atoms with van der Waals surface area (Å²) < 4.78 is 83.6. The maximum Gasteiger partial charge on any atom is 0.335 e. The highest BCUT2D eigenvalue weighted by atomic mass is 32.1. The van der Waals surface area contributed by atoms with Gasteiger partial charge in [-0.05, 0) is 12.8 Å². The van der Waals surface area contributed by atoms with E-state index in [1.807, 2.05) is 0 Å². The number of nitrogens with one attached hydrogen (secondary N) is 1. The van der Waals surface area contributed by atoms with Crippen LogP contribution >= 0.6 is 0 Å². The van der Waals surface area contributed by atoms with Crippen molar-refractivity contribution in [1.82, 2.24) is 35.9 Å². The summed E-state index contributed by atoms with van der Waals surface area (Å²) in [4.78, 5) is 24.1. The average molecular weight is 764 g/mol. The number of aromatic nitrogens is 6. The van der Waals surface area contributed by atoms with Crippen molar-refractivity contribution in [3.8, 4) is 17.2 Å². The molecule has 3 heterocycles. The van der Waals surface area contributed by atoms with Crippen molar-refractivity contribution in [1.29, 1.82) is 0 Å². The van der Waals surface area contributed by atoms with E-state index in [1.54, 1.807) is 20.8 Å². The fourth-order valence-corrected chi connectivity index (χ4v) is 3.58. The second kappa shape index (κ2) is 24.6. The molecule has 0 aliphatic heterocycles. The van der Waals surface area contributed by atoms with Crippen LogP contribution in [0.25, 0.3) is 0 Å². The monoisotopic (exact) mass is 763 g/mol. The van der Waals surface area contributed by atoms with Crippen molar-refractivity contribution in [3.05, 3.63) is 53.0 Å². The number of unbranched alkanes of at least 4 members (excludes halogenated alkanes) is 2. The van der Waals surface area contributed by atoms with Gasteiger partial charge < -0.3 is 37.9 Å². The number of carboxylic acid groups (broad SMARTS) is 1. The Morgan fingerprint density at radius 2 is 1.06 bits per heavy atom. The standard InChI is InChI=1S/C25H29N7O9.3O2S/c1-14-27-30-20(39-14)11-36-17-9-18(37-12-21-31-28-15(2)40-21)24(25(35)26-8-6-4-5-7-23(33)34)19(10-17)38-13-22-32-29-16(3)41-22;3*1-3-2/h9-10H,4-8,11-13H2,1-3H3,(H,26,35)(H,33,34);;;. The zero-order valence-corrected chi connectivity index (χ0v) is 28.8. The molecule has 3 aromatic heterocycles. The third-order valence-corrected chi connectivity index (χ3v) is 5.39. The molecule has 1 aromatic carbocycles. The normalized spacial score (nSPS) is 9.66. The van der Waals surface area contributed by atoms with Crippen LogP contribution < -0.4 is 19.5 Å². The predicted octanol–water partition coefficient (Wildman–Crippen LogP) is 0.862. The lowest BCUT2D eigenvalue weighted by atomic mass is 10.1. The first kappa shape index (κ1) is 42.5. The number of carbonyl (C=O) groups is 2. The van der Waals surface area contributed by atoms with Crippen LogP contribution in [-0.4, -0.2) is 79.4 Å². The molecule has 0 atom stereocenters. The largest absolute Gasteiger partial charge is 0.484 e. The first-order chi connectivity index (χ1) is 24.0. The lowest BCUT2D eigenvalue weighted by molar-refractivity contribution is -0.137. The van der Waals surface area contributed by atoms with E-state index < -0.39 is 46.6 Å². The Balaban J connectivity index is 0.00000125. The molecular formula is C25H29N7O15S3. The fourth-order valence-electron chi connectivity index (χ4n) is 3.58. The molecule has 0 aliphatic carbocycles. The zero-order chi connectivity index (χ0) is 37.3. The molecule has 0 radical (unpaired) electrons. The summed E-state index contributed by atoms with van der Waals surface area (Å²) >= 11 is -2.25. The average Bonchev–Trinajstić information content (AvgIpc) is 3.81. The van der Waals surface area contributed by atoms with Gasteiger partial charge in [-0.2, -0.15) is 25.3 Å². The molecule has 50 heavy (non-hydrogen) atoms. The van der Waals surface area contributed by atoms with Gasteiger partial charge in [0.2, 0.25) is 17.7 Å². The van der Waals surface area contributed by atoms with Crippen LogP contribution in [0, 0.1) is 20.8 Å². The van der Waals surface area contributed by atoms with Crippen LogP contribution in [0.1, 0.15) is 71.4 Å². The molecule has 272 valence electrons. The summed E-state index contributed by atoms with van der Waals surface area (Å²) in [6.07, 6.45) is 1.79. The van der Waals surface area contributed by atoms with E-state index in [0.717, 1.165) is 0 Å². The maximum absolute atomic E-state index is 13.4. The van der Waals surface area contributed by atoms with Crippen molar-refractivity contribution < 1.29 is 67.4 Å². The number of amides is 1. The smallest absolute Gasteiger partial charge is 0.335 e. The van der Waals surface area contributed by atoms with Gasteiger partial charge in [0.15, 0.2) is 19.8 Å². The highest BCUT2D eigenvalue weighted by Gasteiger charge is 2.23. The van der Waals surface area contributed by atoms with Crippen LogP contribution in [0.5, 0.6) is 17.2 Å². The van der Waals surface area contributed by atoms with Crippen molar-refractivity contribution in [2.24, 2.45) is 0 Å². The topological polar surface area (TPSA) is 313 Å². The van der Waals surface area contributed by atoms with Crippen molar-refractivity contribution in [3.63, 3.8) is 0 Å². The van der Waals surface area contributed by atoms with Gasteiger partial charge in [0.1, 0.15) is 22.8 Å². The third-order valence-electron chi connectivity index (χ3n) is 5.39. The molecule has 0 aliphatic rings. The number of benzene rings is 1. The molecule has 1 amide bonds. The van der Waals surface area contributed by atoms with Crippen molar-refractivity contribution in [2.75, 3.05) is 6.54 Å². The van der Waals surface area contributed by atoms with Crippen LogP contribution in [0.2, 0.25) is 0 Å². The predicted molar refractivity (Wildman–Crippen MR) is 162 cm³/mol. The first-order valence-corrected chi connectivity index (χ1v) is 15.7. The molecule has 0 unspecified atom stereocenters. The van der Waals surface area contributed by atoms with Gasteiger partial charge in [-0.15, -0.1) is 30.6 Å². The number of carbonyl (C=O) groups excluding carboxylic acids is 1. The third kappa shape index (κ3) is 17.0. The summed E-state index contributed by atoms with van der Waals surface area (Å²) in [6, 6.07) is 3.02. The van der Waals surface area contributed by atoms with E-state index in [2.05, 4.69) is 35.9 Å². The number of aliphatic carboxylic acids is 1. The van der Waals surface area contributed by atoms with Crippen LogP contribution in [0.4, 0.5) is 0 Å². The van der Waals surface area contributed by atoms with Gasteiger partial charge in [-0.3, -0.25) is 9.59 Å². The molecular weight excluding hydrogens is 735 g/mol. The molecule has 0 saturated heterocycles. The summed E-state index contributed by atoms with van der Waals surface area (Å²) in [7, 11) is 0. The highest BCUT2D eigenvalue weighted by molar-refractivity contribution is 7.52. The van der Waals surface area contributed by atoms with Gasteiger partial charge in [0.25, 0.3) is 23.6 Å². The van der Waals surface area contributed by atoms with Gasteiger partial charge >= 0.3 is 40.7 Å². The Hall–Kier alpha value is -5.56. The van der Waals surface area contributed by atoms with Crippen molar-refractivity contribution in [2.45, 2.75) is 66.3 Å². The number of hydrogen-bond donors (Lipinski definition) is 2. The highest BCUT2D eigenvalue weighted by Crippen LogP contribution is 2.36. The maximum atomic E-state index is 13.4. The van der Waals surface area contributed by atoms with E-state index >= 15 is 0 Å². The second-order valence-corrected chi connectivity index (χ2v) is 9.38. The first-order valence-electron chi connectivity index (χ1n) is 13.7. The van der Waals surface area contributed by atoms with E-state index in [4.69, 9.17) is 57.8 Å². The second-order valence-electron chi connectivity index (χ2n) is 8.97. The molecule has 0 saturated carbocycles. The fraction of sp³-hybridized carbons (Fsp3) is 0.440. The van der Waals surface area contributed by atoms with Crippen molar-refractivity contribution >= 4 is 46.6 Å². The number of carboxylic acids is 1. The van der Waals surface area contributed by atoms with Gasteiger partial charge in [-0.25, -0.2) is 0 Å². The number of hydrogen-bond acceptors (Lipinski definition) is 20. The lowest BCUT2D eigenvalue weighted by Gasteiger charge is -2.17. The van der Waals surface area contributed by atoms with E-state index in [1.165, 1.54) is 12.1 Å². The number of ether oxygens (including phenoxy) is 3. The number of rotatable bonds is 16. The molecule has 25 heteroatoms. The van der Waals surface area contributed by atoms with E-state index in [0.29, 0.717) is 43.5 Å². The Bertz CT molecular complexity index is 1670. The van der Waals surface area contributed by atoms with Crippen LogP contribution in [0.15, 0.2) is 25.4 Å². The summed E-state index contributed by atoms with van der Waals surface area (Å²) in [5, 5.41) is 34.8. The minimum Gasteiger partial charge on any atom is -0.484 e. The van der Waals surface area contributed by atoms with E-state index in [9.17, 15) is 9.59 Å². The summed E-state index contributed by atoms with van der Waals surface area (Å²) in [5.41, 5.74) is 0.0731. The van der Waals surface area contributed by atoms with Crippen LogP contribution in [-0.2, 0) is 59.3 Å². The minimum atomic E-state index is -0.859. The Labute approximate surface area is 292 Å². The Kier molecular flexibility index (Phi) is 20.9. The molecule has 0 bridgehead atoms. The molecule has 2 N–H and O–H groups in total. The molecule has 0 fully saturated rings. The van der Waals surface area contributed by atoms with E-state index in [-0.39, 0.29) is 66.7 Å². The molecule has 0 spiro atoms. The lowest BCUT2D eigenvalue weighted by Crippen LogP contribution is -2.26. The summed E-state index contributed by atoms with van der Waals surface area (Å²) in [6.45, 7) is 4.93. The molecule has 22 nitrogen and oxygen atoms in total.